The number of likely N-dealkylation sites (N-methyl/N-ethyl adjacent to an activating group) is 1. The molecule has 6 nitrogen and oxygen atoms in total. The molecule has 0 aromatic heterocycles. The number of hydrogen-bond donors (Lipinski definition) is 2. The van der Waals surface area contributed by atoms with Gasteiger partial charge in [0.15, 0.2) is 0 Å². The smallest absolute Gasteiger partial charge is 0.305 e. The van der Waals surface area contributed by atoms with E-state index in [0.29, 0.717) is 39.1 Å². The maximum atomic E-state index is 11.7. The van der Waals surface area contributed by atoms with Crippen molar-refractivity contribution in [3.63, 3.8) is 0 Å². The second-order valence-electron chi connectivity index (χ2n) is 5.80. The van der Waals surface area contributed by atoms with Gasteiger partial charge >= 0.3 is 5.97 Å². The summed E-state index contributed by atoms with van der Waals surface area (Å²) in [6, 6.07) is 0. The van der Waals surface area contributed by atoms with Crippen LogP contribution in [0.5, 0.6) is 0 Å². The van der Waals surface area contributed by atoms with Gasteiger partial charge in [-0.15, -0.1) is 0 Å². The molecule has 118 valence electrons. The molecular weight excluding hydrogens is 258 g/mol. The number of esters is 1. The van der Waals surface area contributed by atoms with Crippen molar-refractivity contribution in [3.05, 3.63) is 0 Å². The maximum Gasteiger partial charge on any atom is 0.305 e. The first-order valence-corrected chi connectivity index (χ1v) is 7.11. The number of ether oxygens (including phenoxy) is 1. The lowest BCUT2D eigenvalue weighted by Crippen LogP contribution is -2.42. The van der Waals surface area contributed by atoms with Crippen LogP contribution in [0.15, 0.2) is 0 Å². The Bertz CT molecular complexity index is 306. The first-order valence-electron chi connectivity index (χ1n) is 7.11. The van der Waals surface area contributed by atoms with Crippen LogP contribution in [0, 0.1) is 5.41 Å². The summed E-state index contributed by atoms with van der Waals surface area (Å²) in [7, 11) is 1.90. The summed E-state index contributed by atoms with van der Waals surface area (Å²) >= 11 is 0. The maximum absolute atomic E-state index is 11.7. The Hall–Kier alpha value is -1.14. The van der Waals surface area contributed by atoms with Gasteiger partial charge in [-0.05, 0) is 32.4 Å². The average molecular weight is 287 g/mol. The van der Waals surface area contributed by atoms with Crippen molar-refractivity contribution in [3.8, 4) is 0 Å². The number of nitrogens with two attached hydrogens (primary N) is 1. The molecule has 0 aliphatic carbocycles. The van der Waals surface area contributed by atoms with Crippen molar-refractivity contribution >= 4 is 11.9 Å². The van der Waals surface area contributed by atoms with Crippen LogP contribution in [0.25, 0.3) is 0 Å². The molecule has 0 aromatic rings. The third kappa shape index (κ3) is 9.75. The molecule has 0 fully saturated rings. The number of nitrogens with zero attached hydrogens (tertiary/aromatic N) is 1. The van der Waals surface area contributed by atoms with E-state index in [-0.39, 0.29) is 17.3 Å². The van der Waals surface area contributed by atoms with Gasteiger partial charge in [0.2, 0.25) is 5.91 Å². The minimum Gasteiger partial charge on any atom is -0.466 e. The Labute approximate surface area is 122 Å². The first kappa shape index (κ1) is 18.9. The Kier molecular flexibility index (Phi) is 9.16. The SMILES string of the molecule is CCOC(=O)CCCNC(=O)CN(C)CC(C)(C)CN. The second-order valence-corrected chi connectivity index (χ2v) is 5.80. The molecule has 1 amide bonds. The average Bonchev–Trinajstić information content (AvgIpc) is 2.34. The lowest BCUT2D eigenvalue weighted by atomic mass is 9.93. The highest BCUT2D eigenvalue weighted by Crippen LogP contribution is 2.13. The van der Waals surface area contributed by atoms with Crippen LogP contribution < -0.4 is 11.1 Å². The number of amides is 1. The molecule has 0 unspecified atom stereocenters. The van der Waals surface area contributed by atoms with Gasteiger partial charge in [-0.1, -0.05) is 13.8 Å². The predicted octanol–water partition coefficient (Wildman–Crippen LogP) is 0.363. The fourth-order valence-electron chi connectivity index (χ4n) is 1.85. The number of rotatable bonds is 10. The van der Waals surface area contributed by atoms with E-state index in [0.717, 1.165) is 6.54 Å². The fraction of sp³-hybridized carbons (Fsp3) is 0.857. The van der Waals surface area contributed by atoms with Crippen LogP contribution in [-0.4, -0.2) is 56.6 Å². The summed E-state index contributed by atoms with van der Waals surface area (Å²) in [5, 5.41) is 2.80. The third-order valence-corrected chi connectivity index (χ3v) is 2.85. The summed E-state index contributed by atoms with van der Waals surface area (Å²) in [6.07, 6.45) is 0.937. The van der Waals surface area contributed by atoms with Gasteiger partial charge in [0.05, 0.1) is 13.2 Å². The summed E-state index contributed by atoms with van der Waals surface area (Å²) < 4.78 is 4.81. The highest BCUT2D eigenvalue weighted by Gasteiger charge is 2.19. The molecular formula is C14H29N3O3. The zero-order valence-corrected chi connectivity index (χ0v) is 13.2. The van der Waals surface area contributed by atoms with Crippen molar-refractivity contribution in [1.82, 2.24) is 10.2 Å². The van der Waals surface area contributed by atoms with Crippen molar-refractivity contribution in [2.24, 2.45) is 11.1 Å². The topological polar surface area (TPSA) is 84.7 Å². The number of carbonyl (C=O) groups excluding carboxylic acids is 2. The van der Waals surface area contributed by atoms with Crippen molar-refractivity contribution in [2.75, 3.05) is 39.8 Å². The first-order chi connectivity index (χ1) is 9.30. The normalized spacial score (nSPS) is 11.5. The van der Waals surface area contributed by atoms with E-state index in [1.54, 1.807) is 6.92 Å². The van der Waals surface area contributed by atoms with E-state index in [1.165, 1.54) is 0 Å². The van der Waals surface area contributed by atoms with Crippen molar-refractivity contribution < 1.29 is 14.3 Å². The highest BCUT2D eigenvalue weighted by molar-refractivity contribution is 5.78. The van der Waals surface area contributed by atoms with Crippen LogP contribution in [0.3, 0.4) is 0 Å². The summed E-state index contributed by atoms with van der Waals surface area (Å²) in [6.45, 7) is 8.49. The molecule has 3 N–H and O–H groups in total. The van der Waals surface area contributed by atoms with Crippen LogP contribution >= 0.6 is 0 Å². The number of hydrogen-bond acceptors (Lipinski definition) is 5. The van der Waals surface area contributed by atoms with Gasteiger partial charge < -0.3 is 15.8 Å². The van der Waals surface area contributed by atoms with Gasteiger partial charge in [0.1, 0.15) is 0 Å². The minimum absolute atomic E-state index is 0.00105. The summed E-state index contributed by atoms with van der Waals surface area (Å²) in [5.74, 6) is -0.257. The molecule has 0 aromatic carbocycles. The Balaban J connectivity index is 3.75. The molecule has 0 saturated carbocycles. The minimum atomic E-state index is -0.219. The van der Waals surface area contributed by atoms with Crippen molar-refractivity contribution in [2.45, 2.75) is 33.6 Å². The molecule has 0 spiro atoms. The van der Waals surface area contributed by atoms with Gasteiger partial charge in [-0.25, -0.2) is 0 Å². The predicted molar refractivity (Wildman–Crippen MR) is 79.2 cm³/mol. The molecule has 0 aliphatic heterocycles. The lowest BCUT2D eigenvalue weighted by molar-refractivity contribution is -0.143. The Morgan fingerprint density at radius 2 is 2.00 bits per heavy atom. The van der Waals surface area contributed by atoms with E-state index >= 15 is 0 Å². The van der Waals surface area contributed by atoms with Crippen LogP contribution in [0.2, 0.25) is 0 Å². The zero-order chi connectivity index (χ0) is 15.6. The molecule has 0 atom stereocenters. The van der Waals surface area contributed by atoms with Crippen molar-refractivity contribution in [1.29, 1.82) is 0 Å². The zero-order valence-electron chi connectivity index (χ0n) is 13.2. The number of nitrogens with one attached hydrogen (secondary N) is 1. The molecule has 6 heteroatoms. The lowest BCUT2D eigenvalue weighted by Gasteiger charge is -2.28. The van der Waals surface area contributed by atoms with Gasteiger partial charge in [-0.2, -0.15) is 0 Å². The van der Waals surface area contributed by atoms with Crippen LogP contribution in [-0.2, 0) is 14.3 Å². The van der Waals surface area contributed by atoms with E-state index in [2.05, 4.69) is 19.2 Å². The third-order valence-electron chi connectivity index (χ3n) is 2.85. The summed E-state index contributed by atoms with van der Waals surface area (Å²) in [4.78, 5) is 24.8. The van der Waals surface area contributed by atoms with E-state index < -0.39 is 0 Å². The molecule has 0 rings (SSSR count). The second kappa shape index (κ2) is 9.72. The Morgan fingerprint density at radius 3 is 2.55 bits per heavy atom. The van der Waals surface area contributed by atoms with Gasteiger partial charge in [-0.3, -0.25) is 14.5 Å². The molecule has 0 bridgehead atoms. The van der Waals surface area contributed by atoms with Gasteiger partial charge in [0, 0.05) is 19.5 Å². The Morgan fingerprint density at radius 1 is 1.35 bits per heavy atom. The molecule has 20 heavy (non-hydrogen) atoms. The van der Waals surface area contributed by atoms with Crippen LogP contribution in [0.4, 0.5) is 0 Å². The highest BCUT2D eigenvalue weighted by atomic mass is 16.5. The molecule has 0 aliphatic rings. The quantitative estimate of drug-likeness (QED) is 0.448. The molecule has 0 heterocycles. The molecule has 0 saturated heterocycles. The van der Waals surface area contributed by atoms with Gasteiger partial charge in [0.25, 0.3) is 0 Å². The monoisotopic (exact) mass is 287 g/mol. The van der Waals surface area contributed by atoms with E-state index in [4.69, 9.17) is 10.5 Å². The fourth-order valence-corrected chi connectivity index (χ4v) is 1.85. The van der Waals surface area contributed by atoms with Crippen LogP contribution in [0.1, 0.15) is 33.6 Å². The van der Waals surface area contributed by atoms with E-state index in [9.17, 15) is 9.59 Å². The summed E-state index contributed by atoms with van der Waals surface area (Å²) in [5.41, 5.74) is 5.66. The van der Waals surface area contributed by atoms with E-state index in [1.807, 2.05) is 11.9 Å². The number of carbonyl (C=O) groups is 2. The molecule has 0 radical (unpaired) electrons. The largest absolute Gasteiger partial charge is 0.466 e. The standard InChI is InChI=1S/C14H29N3O3/c1-5-20-13(19)7-6-8-16-12(18)9-17(4)11-14(2,3)10-15/h5-11,15H2,1-4H3,(H,16,18).